The van der Waals surface area contributed by atoms with Gasteiger partial charge in [-0.1, -0.05) is 330 Å². The average Bonchev–Trinajstić information content (AvgIpc) is 2.51. The van der Waals surface area contributed by atoms with Gasteiger partial charge in [0, 0.05) is 38.6 Å². The Balaban J connectivity index is 5.17. The summed E-state index contributed by atoms with van der Waals surface area (Å²) in [5, 5.41) is 11.8. The van der Waals surface area contributed by atoms with Crippen LogP contribution in [0.5, 0.6) is 0 Å². The molecule has 0 aromatic carbocycles. The summed E-state index contributed by atoms with van der Waals surface area (Å²) in [4.78, 5) is 53.0. The van der Waals surface area contributed by atoms with E-state index in [-0.39, 0.29) is 36.7 Å². The smallest absolute Gasteiger partial charge is 0.315 e. The molecular weight excluding hydrogens is 1270 g/mol. The number of amides is 4. The maximum Gasteiger partial charge on any atom is 0.315 e. The molecule has 2 unspecified atom stereocenters. The van der Waals surface area contributed by atoms with Crippen molar-refractivity contribution in [2.45, 2.75) is 387 Å². The van der Waals surface area contributed by atoms with E-state index in [1.807, 2.05) is 0 Å². The van der Waals surface area contributed by atoms with Crippen LogP contribution in [-0.2, 0) is 9.59 Å². The maximum atomic E-state index is 13.4. The number of urea groups is 2. The highest BCUT2D eigenvalue weighted by Gasteiger charge is 2.26. The summed E-state index contributed by atoms with van der Waals surface area (Å²) in [6.45, 7) is 14.3. The highest BCUT2D eigenvalue weighted by atomic mass is 16.2. The lowest BCUT2D eigenvalue weighted by atomic mass is 9.89. The van der Waals surface area contributed by atoms with Crippen LogP contribution in [0.3, 0.4) is 0 Å². The first kappa shape index (κ1) is 98.7. The number of quaternary nitrogens is 1. The molecule has 0 aromatic heterocycles. The van der Waals surface area contributed by atoms with Gasteiger partial charge in [-0.2, -0.15) is 0 Å². The van der Waals surface area contributed by atoms with Crippen molar-refractivity contribution in [3.63, 3.8) is 0 Å². The van der Waals surface area contributed by atoms with Crippen LogP contribution in [0.4, 0.5) is 9.59 Å². The molecule has 0 aliphatic carbocycles. The molecule has 4 amide bonds. The van der Waals surface area contributed by atoms with E-state index in [1.54, 1.807) is 0 Å². The highest BCUT2D eigenvalue weighted by molar-refractivity contribution is 5.86. The van der Waals surface area contributed by atoms with E-state index >= 15 is 0 Å². The molecule has 0 aliphatic rings. The molecular formula is C92H170N7O4+. The predicted molar refractivity (Wildman–Crippen MR) is 452 cm³/mol. The maximum absolute atomic E-state index is 13.4. The Kier molecular flexibility index (Phi) is 78.3. The molecule has 0 aliphatic heterocycles. The number of unbranched alkanes of at least 4 members (excludes halogenated alkanes) is 33. The highest BCUT2D eigenvalue weighted by Crippen LogP contribution is 2.26. The number of rotatable bonds is 80. The first-order valence-electron chi connectivity index (χ1n) is 44.2. The lowest BCUT2D eigenvalue weighted by molar-refractivity contribution is -0.927. The number of allylic oxidation sites excluding steroid dienone is 16. The molecule has 103 heavy (non-hydrogen) atoms. The number of ketones is 2. The molecule has 0 saturated heterocycles. The van der Waals surface area contributed by atoms with Crippen molar-refractivity contribution < 1.29 is 23.7 Å². The van der Waals surface area contributed by atoms with Gasteiger partial charge in [-0.15, -0.1) is 0 Å². The average molecular weight is 1440 g/mol. The van der Waals surface area contributed by atoms with E-state index in [4.69, 9.17) is 11.5 Å². The van der Waals surface area contributed by atoms with Crippen LogP contribution in [0.1, 0.15) is 387 Å². The standard InChI is InChI=1S/C92H169N7O4/c1-5-9-13-17-21-25-29-33-37-41-45-49-53-57-61-65-72-88(71-64-60-56-52-48-44-40-36-32-28-24-20-16-12-8-4)74-76-90(101)86-98-92(103)96-80-84-99(81-66-77-93,82-67-78-94)83-68-79-95-91(102)97-85-89(100)75-73-87(69-62-58-54-50-46-42-38-34-30-26-22-18-14-10-6-2)70-63-59-55-51-47-43-39-35-31-27-23-19-15-11-7-3/h14,18-21,23-26,30-33,35-37,87-88H,5-13,15-17,22,27-29,34,38-86,93-94H2,1-4H3,(H3-,95,96,97,98,102,103)/p+1. The van der Waals surface area contributed by atoms with Gasteiger partial charge < -0.3 is 37.2 Å². The van der Waals surface area contributed by atoms with E-state index in [0.29, 0.717) is 57.4 Å². The third-order valence-electron chi connectivity index (χ3n) is 20.7. The van der Waals surface area contributed by atoms with Gasteiger partial charge in [-0.25, -0.2) is 9.59 Å². The minimum absolute atomic E-state index is 0.0447. The molecule has 0 spiro atoms. The molecule has 0 rings (SSSR count). The fourth-order valence-electron chi connectivity index (χ4n) is 13.9. The summed E-state index contributed by atoms with van der Waals surface area (Å²) in [7, 11) is 0. The Labute approximate surface area is 638 Å². The van der Waals surface area contributed by atoms with Gasteiger partial charge in [0.25, 0.3) is 0 Å². The third kappa shape index (κ3) is 74.3. The fourth-order valence-corrected chi connectivity index (χ4v) is 13.9. The SMILES string of the molecule is CCCC=CCC=CCCCCCCCCCC(CCCCCCCCC=CCC=CCCCC)CCC(=O)CNC(=O)NCCC[N+](CCCN)(CCCN)CCNC(=O)NCC(=O)CCC(CCCCCCCCC=CCC=CCCCC)CCCCCCCCC=CCC=CCCCCC. The van der Waals surface area contributed by atoms with E-state index in [1.165, 1.54) is 289 Å². The van der Waals surface area contributed by atoms with Crippen molar-refractivity contribution in [1.82, 2.24) is 21.3 Å². The minimum atomic E-state index is -0.314. The van der Waals surface area contributed by atoms with Crippen molar-refractivity contribution in [1.29, 1.82) is 0 Å². The number of hydrogen-bond acceptors (Lipinski definition) is 6. The molecule has 2 atom stereocenters. The van der Waals surface area contributed by atoms with Gasteiger partial charge in [-0.3, -0.25) is 9.59 Å². The number of carbonyl (C=O) groups excluding carboxylic acids is 4. The topological polar surface area (TPSA) is 168 Å². The van der Waals surface area contributed by atoms with Crippen molar-refractivity contribution in [2.24, 2.45) is 23.3 Å². The Morgan fingerprint density at radius 2 is 0.553 bits per heavy atom. The molecule has 0 saturated carbocycles. The molecule has 11 heteroatoms. The molecule has 0 bridgehead atoms. The summed E-state index contributed by atoms with van der Waals surface area (Å²) >= 11 is 0. The number of carbonyl (C=O) groups is 4. The van der Waals surface area contributed by atoms with Gasteiger partial charge in [0.15, 0.2) is 11.6 Å². The summed E-state index contributed by atoms with van der Waals surface area (Å²) in [5.74, 6) is 1.30. The fraction of sp³-hybridized carbons (Fsp3) is 0.783. The lowest BCUT2D eigenvalue weighted by Gasteiger charge is -2.39. The quantitative estimate of drug-likeness (QED) is 0.0201. The normalized spacial score (nSPS) is 13.0. The molecule has 11 nitrogen and oxygen atoms in total. The number of nitrogens with two attached hydrogens (primary N) is 2. The van der Waals surface area contributed by atoms with Gasteiger partial charge >= 0.3 is 12.1 Å². The predicted octanol–water partition coefficient (Wildman–Crippen LogP) is 25.1. The van der Waals surface area contributed by atoms with Gasteiger partial charge in [0.1, 0.15) is 0 Å². The Bertz CT molecular complexity index is 2100. The van der Waals surface area contributed by atoms with E-state index < -0.39 is 0 Å². The zero-order chi connectivity index (χ0) is 74.8. The Morgan fingerprint density at radius 1 is 0.272 bits per heavy atom. The third-order valence-corrected chi connectivity index (χ3v) is 20.7. The van der Waals surface area contributed by atoms with Crippen LogP contribution in [-0.4, -0.2) is 93.6 Å². The minimum Gasteiger partial charge on any atom is -0.338 e. The molecule has 0 heterocycles. The molecule has 0 aromatic rings. The first-order valence-corrected chi connectivity index (χ1v) is 44.2. The summed E-state index contributed by atoms with van der Waals surface area (Å²) in [6, 6.07) is -0.622. The monoisotopic (exact) mass is 1440 g/mol. The second kappa shape index (κ2) is 81.8. The van der Waals surface area contributed by atoms with Crippen molar-refractivity contribution in [2.75, 3.05) is 65.4 Å². The summed E-state index contributed by atoms with van der Waals surface area (Å²) in [5.41, 5.74) is 12.2. The van der Waals surface area contributed by atoms with Crippen molar-refractivity contribution in [3.05, 3.63) is 97.2 Å². The number of Topliss-reactive ketones (excluding diaryl/α,β-unsaturated/α-hetero) is 2. The van der Waals surface area contributed by atoms with Gasteiger partial charge in [0.05, 0.1) is 45.8 Å². The molecule has 0 radical (unpaired) electrons. The van der Waals surface area contributed by atoms with Crippen LogP contribution in [0, 0.1) is 11.8 Å². The van der Waals surface area contributed by atoms with Crippen LogP contribution >= 0.6 is 0 Å². The summed E-state index contributed by atoms with van der Waals surface area (Å²) < 4.78 is 0.730. The van der Waals surface area contributed by atoms with Crippen LogP contribution < -0.4 is 32.7 Å². The number of nitrogens with one attached hydrogen (secondary N) is 4. The Hall–Kier alpha value is -4.32. The first-order chi connectivity index (χ1) is 50.7. The van der Waals surface area contributed by atoms with Gasteiger partial charge in [-0.05, 0) is 147 Å². The second-order valence-electron chi connectivity index (χ2n) is 30.4. The van der Waals surface area contributed by atoms with Gasteiger partial charge in [0.2, 0.25) is 0 Å². The van der Waals surface area contributed by atoms with E-state index in [2.05, 4.69) is 146 Å². The summed E-state index contributed by atoms with van der Waals surface area (Å²) in [6.07, 6.45) is 103. The van der Waals surface area contributed by atoms with Crippen molar-refractivity contribution >= 4 is 23.6 Å². The second-order valence-corrected chi connectivity index (χ2v) is 30.4. The van der Waals surface area contributed by atoms with Crippen LogP contribution in [0.25, 0.3) is 0 Å². The Morgan fingerprint density at radius 3 is 0.874 bits per heavy atom. The van der Waals surface area contributed by atoms with E-state index in [0.717, 1.165) is 81.9 Å². The number of nitrogens with zero attached hydrogens (tertiary/aromatic N) is 1. The number of hydrogen-bond donors (Lipinski definition) is 6. The van der Waals surface area contributed by atoms with E-state index in [9.17, 15) is 19.2 Å². The molecule has 0 fully saturated rings. The van der Waals surface area contributed by atoms with Crippen molar-refractivity contribution in [3.8, 4) is 0 Å². The van der Waals surface area contributed by atoms with Crippen LogP contribution in [0.15, 0.2) is 97.2 Å². The molecule has 596 valence electrons. The molecule has 8 N–H and O–H groups in total. The lowest BCUT2D eigenvalue weighted by Crippen LogP contribution is -2.55. The van der Waals surface area contributed by atoms with Crippen LogP contribution in [0.2, 0.25) is 0 Å². The largest absolute Gasteiger partial charge is 0.338 e. The zero-order valence-corrected chi connectivity index (χ0v) is 68.3. The zero-order valence-electron chi connectivity index (χ0n) is 68.3.